The van der Waals surface area contributed by atoms with Crippen molar-refractivity contribution >= 4 is 23.0 Å². The lowest BCUT2D eigenvalue weighted by atomic mass is 10.1. The first-order valence-electron chi connectivity index (χ1n) is 7.56. The summed E-state index contributed by atoms with van der Waals surface area (Å²) in [5.74, 6) is 0.550. The standard InChI is InChI=1S/C15H20N4O2/c16-11-6-14-12(17-15(20)9-21-14)7-13(11)19-5-4-18-3-1-2-10(18)8-19/h6-7,10H,1-5,8-9,16H2,(H,17,20). The smallest absolute Gasteiger partial charge is 0.262 e. The molecule has 3 heterocycles. The highest BCUT2D eigenvalue weighted by Crippen LogP contribution is 2.38. The molecule has 2 saturated heterocycles. The van der Waals surface area contributed by atoms with Crippen molar-refractivity contribution in [3.8, 4) is 5.75 Å². The summed E-state index contributed by atoms with van der Waals surface area (Å²) in [5, 5.41) is 2.86. The van der Waals surface area contributed by atoms with Crippen LogP contribution < -0.4 is 20.7 Å². The van der Waals surface area contributed by atoms with E-state index >= 15 is 0 Å². The highest BCUT2D eigenvalue weighted by atomic mass is 16.5. The summed E-state index contributed by atoms with van der Waals surface area (Å²) in [4.78, 5) is 16.4. The van der Waals surface area contributed by atoms with Gasteiger partial charge in [-0.05, 0) is 25.5 Å². The minimum Gasteiger partial charge on any atom is -0.482 e. The van der Waals surface area contributed by atoms with Crippen molar-refractivity contribution in [2.24, 2.45) is 0 Å². The molecule has 0 aromatic heterocycles. The zero-order valence-electron chi connectivity index (χ0n) is 12.0. The summed E-state index contributed by atoms with van der Waals surface area (Å²) in [7, 11) is 0. The molecule has 0 bridgehead atoms. The molecule has 2 fully saturated rings. The summed E-state index contributed by atoms with van der Waals surface area (Å²) < 4.78 is 5.41. The van der Waals surface area contributed by atoms with E-state index in [4.69, 9.17) is 10.5 Å². The molecule has 6 heteroatoms. The van der Waals surface area contributed by atoms with Crippen LogP contribution in [0.15, 0.2) is 12.1 Å². The minimum absolute atomic E-state index is 0.0620. The monoisotopic (exact) mass is 288 g/mol. The Morgan fingerprint density at radius 2 is 2.19 bits per heavy atom. The van der Waals surface area contributed by atoms with E-state index < -0.39 is 0 Å². The number of fused-ring (bicyclic) bond motifs is 2. The Morgan fingerprint density at radius 3 is 3.10 bits per heavy atom. The Bertz CT molecular complexity index is 589. The van der Waals surface area contributed by atoms with Gasteiger partial charge in [-0.2, -0.15) is 0 Å². The molecule has 1 aromatic rings. The average molecular weight is 288 g/mol. The molecule has 0 radical (unpaired) electrons. The van der Waals surface area contributed by atoms with Gasteiger partial charge in [0.25, 0.3) is 5.91 Å². The average Bonchev–Trinajstić information content (AvgIpc) is 2.94. The first kappa shape index (κ1) is 12.8. The predicted octanol–water partition coefficient (Wildman–Crippen LogP) is 0.884. The summed E-state index contributed by atoms with van der Waals surface area (Å²) in [6.07, 6.45) is 2.56. The number of amides is 1. The van der Waals surface area contributed by atoms with Crippen LogP contribution in [0.25, 0.3) is 0 Å². The largest absolute Gasteiger partial charge is 0.482 e. The molecule has 3 aliphatic rings. The van der Waals surface area contributed by atoms with Crippen molar-refractivity contribution in [3.63, 3.8) is 0 Å². The highest BCUT2D eigenvalue weighted by Gasteiger charge is 2.31. The summed E-state index contributed by atoms with van der Waals surface area (Å²) in [6.45, 7) is 4.37. The van der Waals surface area contributed by atoms with Gasteiger partial charge in [0, 0.05) is 31.7 Å². The molecule has 1 unspecified atom stereocenters. The fourth-order valence-corrected chi connectivity index (χ4v) is 3.61. The van der Waals surface area contributed by atoms with Crippen LogP contribution in [0.2, 0.25) is 0 Å². The van der Waals surface area contributed by atoms with Crippen LogP contribution in [0.1, 0.15) is 12.8 Å². The van der Waals surface area contributed by atoms with Crippen molar-refractivity contribution in [3.05, 3.63) is 12.1 Å². The number of nitrogen functional groups attached to an aromatic ring is 1. The maximum atomic E-state index is 11.5. The quantitative estimate of drug-likeness (QED) is 0.751. The minimum atomic E-state index is -0.112. The first-order valence-corrected chi connectivity index (χ1v) is 7.56. The number of anilines is 3. The van der Waals surface area contributed by atoms with Gasteiger partial charge in [-0.3, -0.25) is 9.69 Å². The first-order chi connectivity index (χ1) is 10.2. The molecule has 0 spiro atoms. The molecule has 0 aliphatic carbocycles. The van der Waals surface area contributed by atoms with E-state index in [0.29, 0.717) is 11.8 Å². The number of carbonyl (C=O) groups excluding carboxylic acids is 1. The van der Waals surface area contributed by atoms with Crippen LogP contribution in [0.5, 0.6) is 5.75 Å². The van der Waals surface area contributed by atoms with Crippen molar-refractivity contribution < 1.29 is 9.53 Å². The lowest BCUT2D eigenvalue weighted by molar-refractivity contribution is -0.118. The number of nitrogens with zero attached hydrogens (tertiary/aromatic N) is 2. The summed E-state index contributed by atoms with van der Waals surface area (Å²) >= 11 is 0. The van der Waals surface area contributed by atoms with Gasteiger partial charge in [0.15, 0.2) is 6.61 Å². The maximum Gasteiger partial charge on any atom is 0.262 e. The predicted molar refractivity (Wildman–Crippen MR) is 81.8 cm³/mol. The van der Waals surface area contributed by atoms with E-state index in [-0.39, 0.29) is 12.5 Å². The fraction of sp³-hybridized carbons (Fsp3) is 0.533. The van der Waals surface area contributed by atoms with Gasteiger partial charge in [-0.25, -0.2) is 0 Å². The lowest BCUT2D eigenvalue weighted by Gasteiger charge is -2.39. The molecular weight excluding hydrogens is 268 g/mol. The summed E-state index contributed by atoms with van der Waals surface area (Å²) in [5.41, 5.74) is 8.65. The number of nitrogens with two attached hydrogens (primary N) is 1. The van der Waals surface area contributed by atoms with E-state index in [2.05, 4.69) is 15.1 Å². The third kappa shape index (κ3) is 2.19. The Kier molecular flexibility index (Phi) is 2.92. The Balaban J connectivity index is 1.62. The van der Waals surface area contributed by atoms with Crippen LogP contribution >= 0.6 is 0 Å². The Hall–Kier alpha value is -1.95. The maximum absolute atomic E-state index is 11.5. The van der Waals surface area contributed by atoms with Crippen molar-refractivity contribution in [1.29, 1.82) is 0 Å². The van der Waals surface area contributed by atoms with Gasteiger partial charge in [0.05, 0.1) is 17.1 Å². The molecule has 4 rings (SSSR count). The number of carbonyl (C=O) groups is 1. The number of benzene rings is 1. The molecule has 6 nitrogen and oxygen atoms in total. The van der Waals surface area contributed by atoms with Crippen molar-refractivity contribution in [1.82, 2.24) is 4.90 Å². The number of hydrogen-bond donors (Lipinski definition) is 2. The van der Waals surface area contributed by atoms with E-state index in [9.17, 15) is 4.79 Å². The van der Waals surface area contributed by atoms with Crippen LogP contribution in [0.4, 0.5) is 17.1 Å². The number of piperazine rings is 1. The molecule has 1 aromatic carbocycles. The van der Waals surface area contributed by atoms with Crippen LogP contribution in [0.3, 0.4) is 0 Å². The van der Waals surface area contributed by atoms with Gasteiger partial charge < -0.3 is 20.7 Å². The van der Waals surface area contributed by atoms with Crippen LogP contribution in [-0.2, 0) is 4.79 Å². The fourth-order valence-electron chi connectivity index (χ4n) is 3.61. The second-order valence-corrected chi connectivity index (χ2v) is 6.02. The Labute approximate surface area is 123 Å². The zero-order valence-corrected chi connectivity index (χ0v) is 12.0. The third-order valence-corrected chi connectivity index (χ3v) is 4.69. The van der Waals surface area contributed by atoms with Gasteiger partial charge in [0.1, 0.15) is 5.75 Å². The zero-order chi connectivity index (χ0) is 14.4. The number of nitrogens with one attached hydrogen (secondary N) is 1. The van der Waals surface area contributed by atoms with Crippen LogP contribution in [0, 0.1) is 0 Å². The van der Waals surface area contributed by atoms with Crippen molar-refractivity contribution in [2.45, 2.75) is 18.9 Å². The normalized spacial score (nSPS) is 25.0. The van der Waals surface area contributed by atoms with Crippen LogP contribution in [-0.4, -0.2) is 49.6 Å². The van der Waals surface area contributed by atoms with Gasteiger partial charge >= 0.3 is 0 Å². The SMILES string of the molecule is Nc1cc2c(cc1N1CCN3CCCC3C1)NC(=O)CO2. The topological polar surface area (TPSA) is 70.8 Å². The molecular formula is C15H20N4O2. The van der Waals surface area contributed by atoms with Gasteiger partial charge in [0.2, 0.25) is 0 Å². The van der Waals surface area contributed by atoms with E-state index in [0.717, 1.165) is 36.7 Å². The molecule has 1 amide bonds. The number of rotatable bonds is 1. The van der Waals surface area contributed by atoms with E-state index in [1.165, 1.54) is 19.4 Å². The molecule has 3 N–H and O–H groups in total. The van der Waals surface area contributed by atoms with E-state index in [1.54, 1.807) is 0 Å². The summed E-state index contributed by atoms with van der Waals surface area (Å²) in [6, 6.07) is 4.41. The second-order valence-electron chi connectivity index (χ2n) is 6.02. The highest BCUT2D eigenvalue weighted by molar-refractivity contribution is 5.97. The number of ether oxygens (including phenoxy) is 1. The molecule has 112 valence electrons. The van der Waals surface area contributed by atoms with Gasteiger partial charge in [-0.15, -0.1) is 0 Å². The van der Waals surface area contributed by atoms with E-state index in [1.807, 2.05) is 12.1 Å². The molecule has 0 saturated carbocycles. The van der Waals surface area contributed by atoms with Crippen molar-refractivity contribution in [2.75, 3.05) is 48.7 Å². The molecule has 21 heavy (non-hydrogen) atoms. The lowest BCUT2D eigenvalue weighted by Crippen LogP contribution is -2.50. The molecule has 1 atom stereocenters. The number of hydrogen-bond acceptors (Lipinski definition) is 5. The molecule has 3 aliphatic heterocycles. The van der Waals surface area contributed by atoms with Gasteiger partial charge in [-0.1, -0.05) is 0 Å². The Morgan fingerprint density at radius 1 is 1.29 bits per heavy atom. The third-order valence-electron chi connectivity index (χ3n) is 4.69. The second kappa shape index (κ2) is 4.80.